The molecule has 2 heterocycles. The van der Waals surface area contributed by atoms with Crippen LogP contribution >= 0.6 is 31.9 Å². The van der Waals surface area contributed by atoms with E-state index in [0.29, 0.717) is 8.95 Å². The minimum atomic E-state index is -1.81. The van der Waals surface area contributed by atoms with Crippen molar-refractivity contribution in [3.8, 4) is 23.0 Å². The van der Waals surface area contributed by atoms with Gasteiger partial charge >= 0.3 is 11.9 Å². The Bertz CT molecular complexity index is 1330. The molecular weight excluding hydrogens is 804 g/mol. The third kappa shape index (κ3) is 8.79. The van der Waals surface area contributed by atoms with Crippen molar-refractivity contribution in [2.24, 2.45) is 0 Å². The molecule has 2 aliphatic heterocycles. The largest absolute Gasteiger partial charge is 0.495 e. The molecule has 2 fully saturated rings. The van der Waals surface area contributed by atoms with E-state index >= 15 is 0 Å². The van der Waals surface area contributed by atoms with Gasteiger partial charge in [-0.1, -0.05) is 0 Å². The highest BCUT2D eigenvalue weighted by atomic mass is 79.9. The van der Waals surface area contributed by atoms with Gasteiger partial charge in [-0.25, -0.2) is 9.59 Å². The molecule has 0 aromatic heterocycles. The number of ether oxygens (including phenoxy) is 9. The van der Waals surface area contributed by atoms with Gasteiger partial charge in [0.1, 0.15) is 100 Å². The van der Waals surface area contributed by atoms with Crippen LogP contribution < -0.4 is 18.9 Å². The average molecular weight is 842 g/mol. The number of benzene rings is 2. The van der Waals surface area contributed by atoms with E-state index in [2.05, 4.69) is 31.9 Å². The van der Waals surface area contributed by atoms with E-state index in [1.54, 1.807) is 0 Å². The molecule has 2 aliphatic rings. The van der Waals surface area contributed by atoms with Gasteiger partial charge in [0.2, 0.25) is 0 Å². The number of halogens is 2. The van der Waals surface area contributed by atoms with Crippen molar-refractivity contribution in [3.63, 3.8) is 0 Å². The molecule has 6 N–H and O–H groups in total. The fourth-order valence-corrected chi connectivity index (χ4v) is 6.25. The molecule has 10 atom stereocenters. The van der Waals surface area contributed by atoms with Crippen LogP contribution in [0.5, 0.6) is 23.0 Å². The van der Waals surface area contributed by atoms with E-state index in [9.17, 15) is 40.2 Å². The van der Waals surface area contributed by atoms with Crippen LogP contribution in [0, 0.1) is 0 Å². The van der Waals surface area contributed by atoms with Crippen molar-refractivity contribution in [2.45, 2.75) is 61.2 Å². The molecule has 2 aromatic carbocycles. The fraction of sp³-hybridized carbons (Fsp3) is 0.548. The highest BCUT2D eigenvalue weighted by molar-refractivity contribution is 9.11. The summed E-state index contributed by atoms with van der Waals surface area (Å²) in [5.41, 5.74) is 0.0923. The molecule has 0 spiro atoms. The quantitative estimate of drug-likeness (QED) is 0.145. The van der Waals surface area contributed by atoms with Crippen LogP contribution in [0.1, 0.15) is 20.7 Å². The minimum absolute atomic E-state index is 0.0429. The normalized spacial score (nSPS) is 29.5. The van der Waals surface area contributed by atoms with Gasteiger partial charge in [-0.05, 0) is 56.1 Å². The van der Waals surface area contributed by atoms with E-state index in [0.717, 1.165) is 0 Å². The zero-order valence-electron chi connectivity index (χ0n) is 27.1. The van der Waals surface area contributed by atoms with Gasteiger partial charge in [0, 0.05) is 0 Å². The lowest BCUT2D eigenvalue weighted by Gasteiger charge is -2.42. The standard InChI is InChI=1S/C31H38Br2O17/c1-42-14-5-12(6-15(43-2)21(14)32)29(40)46-9-18-23(34)26(37)24(35)19(49-18)11-48-31-28(39)27(38)25(36)20(50-31)10-47-30(41)13-7-16(44-3)22(33)17(8-13)45-4/h5-8,18-20,23-28,31,34-39H,9-11H2,1-4H3. The molecule has 0 amide bonds. The molecule has 0 radical (unpaired) electrons. The van der Waals surface area contributed by atoms with Crippen molar-refractivity contribution in [1.29, 1.82) is 0 Å². The molecular formula is C31H38Br2O17. The predicted molar refractivity (Wildman–Crippen MR) is 174 cm³/mol. The topological polar surface area (TPSA) is 239 Å². The molecule has 10 unspecified atom stereocenters. The number of carbonyl (C=O) groups is 2. The van der Waals surface area contributed by atoms with Crippen molar-refractivity contribution < 1.29 is 82.9 Å². The molecule has 0 aliphatic carbocycles. The maximum atomic E-state index is 12.8. The lowest BCUT2D eigenvalue weighted by Crippen LogP contribution is -2.62. The molecule has 278 valence electrons. The smallest absolute Gasteiger partial charge is 0.338 e. The van der Waals surface area contributed by atoms with Crippen LogP contribution in [-0.4, -0.2) is 152 Å². The van der Waals surface area contributed by atoms with E-state index < -0.39 is 93.0 Å². The Kier molecular flexibility index (Phi) is 14.1. The lowest BCUT2D eigenvalue weighted by molar-refractivity contribution is -0.314. The summed E-state index contributed by atoms with van der Waals surface area (Å²) in [6, 6.07) is 5.57. The zero-order chi connectivity index (χ0) is 36.9. The van der Waals surface area contributed by atoms with Gasteiger partial charge in [0.15, 0.2) is 6.29 Å². The fourth-order valence-electron chi connectivity index (χ4n) is 5.14. The Labute approximate surface area is 302 Å². The molecule has 0 saturated carbocycles. The first kappa shape index (κ1) is 40.0. The number of hydrogen-bond donors (Lipinski definition) is 6. The Balaban J connectivity index is 1.37. The summed E-state index contributed by atoms with van der Waals surface area (Å²) in [6.07, 6.45) is -16.2. The van der Waals surface area contributed by atoms with Crippen LogP contribution in [-0.2, 0) is 23.7 Å². The summed E-state index contributed by atoms with van der Waals surface area (Å²) >= 11 is 6.61. The van der Waals surface area contributed by atoms with Gasteiger partial charge in [-0.3, -0.25) is 0 Å². The van der Waals surface area contributed by atoms with E-state index in [1.165, 1.54) is 52.7 Å². The third-order valence-corrected chi connectivity index (χ3v) is 9.59. The average Bonchev–Trinajstić information content (AvgIpc) is 3.12. The van der Waals surface area contributed by atoms with Crippen molar-refractivity contribution in [2.75, 3.05) is 48.3 Å². The summed E-state index contributed by atoms with van der Waals surface area (Å²) < 4.78 is 49.3. The molecule has 0 bridgehead atoms. The number of methoxy groups -OCH3 is 4. The Morgan fingerprint density at radius 1 is 0.560 bits per heavy atom. The van der Waals surface area contributed by atoms with Crippen LogP contribution in [0.25, 0.3) is 0 Å². The van der Waals surface area contributed by atoms with E-state index in [-0.39, 0.29) is 34.1 Å². The number of carbonyl (C=O) groups excluding carboxylic acids is 2. The summed E-state index contributed by atoms with van der Waals surface area (Å²) in [5, 5.41) is 63.2. The van der Waals surface area contributed by atoms with E-state index in [1.807, 2.05) is 0 Å². The number of aliphatic hydroxyl groups excluding tert-OH is 6. The summed E-state index contributed by atoms with van der Waals surface area (Å²) in [5.74, 6) is -0.537. The van der Waals surface area contributed by atoms with Crippen molar-refractivity contribution >= 4 is 43.8 Å². The highest BCUT2D eigenvalue weighted by Gasteiger charge is 2.48. The minimum Gasteiger partial charge on any atom is -0.495 e. The van der Waals surface area contributed by atoms with Crippen LogP contribution in [0.2, 0.25) is 0 Å². The van der Waals surface area contributed by atoms with Gasteiger partial charge in [-0.15, -0.1) is 0 Å². The van der Waals surface area contributed by atoms with Crippen molar-refractivity contribution in [1.82, 2.24) is 0 Å². The maximum absolute atomic E-state index is 12.8. The second-order valence-electron chi connectivity index (χ2n) is 11.1. The molecule has 17 nitrogen and oxygen atoms in total. The van der Waals surface area contributed by atoms with Crippen LogP contribution in [0.4, 0.5) is 0 Å². The van der Waals surface area contributed by atoms with Gasteiger partial charge in [0.05, 0.1) is 46.2 Å². The maximum Gasteiger partial charge on any atom is 0.338 e. The monoisotopic (exact) mass is 840 g/mol. The first-order valence-electron chi connectivity index (χ1n) is 14.9. The number of esters is 2. The second-order valence-corrected chi connectivity index (χ2v) is 12.7. The first-order valence-corrected chi connectivity index (χ1v) is 16.5. The zero-order valence-corrected chi connectivity index (χ0v) is 30.3. The van der Waals surface area contributed by atoms with Crippen LogP contribution in [0.3, 0.4) is 0 Å². The molecule has 19 heteroatoms. The Morgan fingerprint density at radius 3 is 1.28 bits per heavy atom. The van der Waals surface area contributed by atoms with Gasteiger partial charge in [0.25, 0.3) is 0 Å². The molecule has 50 heavy (non-hydrogen) atoms. The van der Waals surface area contributed by atoms with Crippen molar-refractivity contribution in [3.05, 3.63) is 44.3 Å². The lowest BCUT2D eigenvalue weighted by atomic mass is 9.95. The highest BCUT2D eigenvalue weighted by Crippen LogP contribution is 2.37. The third-order valence-electron chi connectivity index (χ3n) is 8.02. The van der Waals surface area contributed by atoms with Crippen LogP contribution in [0.15, 0.2) is 33.2 Å². The summed E-state index contributed by atoms with van der Waals surface area (Å²) in [6.45, 7) is -1.72. The van der Waals surface area contributed by atoms with Gasteiger partial charge in [-0.2, -0.15) is 0 Å². The Hall–Kier alpha value is -2.82. The van der Waals surface area contributed by atoms with E-state index in [4.69, 9.17) is 42.6 Å². The SMILES string of the molecule is COc1cc(C(=O)OCC2OC(COC3OC(COC(=O)c4cc(OC)c(Br)c(OC)c4)C(O)C(O)C3O)C(O)C(O)C2O)cc(OC)c1Br. The summed E-state index contributed by atoms with van der Waals surface area (Å²) in [7, 11) is 5.57. The number of aliphatic hydroxyl groups is 6. The molecule has 4 rings (SSSR count). The van der Waals surface area contributed by atoms with Gasteiger partial charge < -0.3 is 73.3 Å². The number of hydrogen-bond acceptors (Lipinski definition) is 17. The first-order chi connectivity index (χ1) is 23.8. The second kappa shape index (κ2) is 17.6. The molecule has 2 saturated heterocycles. The molecule has 2 aromatic rings. The number of rotatable bonds is 13. The predicted octanol–water partition coefficient (Wildman–Crippen LogP) is -0.0659. The Morgan fingerprint density at radius 2 is 0.900 bits per heavy atom. The summed E-state index contributed by atoms with van der Waals surface area (Å²) in [4.78, 5) is 25.6.